The summed E-state index contributed by atoms with van der Waals surface area (Å²) in [5, 5.41) is 9.53. The van der Waals surface area contributed by atoms with Crippen LogP contribution in [0, 0.1) is 0 Å². The summed E-state index contributed by atoms with van der Waals surface area (Å²) in [7, 11) is 0. The molecule has 1 amide bonds. The third-order valence-electron chi connectivity index (χ3n) is 4.17. The minimum absolute atomic E-state index is 0.0881. The Morgan fingerprint density at radius 1 is 0.926 bits per heavy atom. The second-order valence-corrected chi connectivity index (χ2v) is 6.63. The maximum absolute atomic E-state index is 11.1. The lowest BCUT2D eigenvalue weighted by atomic mass is 10.2. The lowest BCUT2D eigenvalue weighted by molar-refractivity contribution is -0.114. The van der Waals surface area contributed by atoms with E-state index in [2.05, 4.69) is 25.9 Å². The molecule has 1 aliphatic carbocycles. The summed E-state index contributed by atoms with van der Waals surface area (Å²) in [5.74, 6) is 2.14. The molecule has 2 aromatic carbocycles. The number of hydrogen-bond acceptors (Lipinski definition) is 5. The molecule has 0 unspecified atom stereocenters. The number of benzene rings is 2. The van der Waals surface area contributed by atoms with Crippen molar-refractivity contribution in [2.24, 2.45) is 0 Å². The van der Waals surface area contributed by atoms with Crippen molar-refractivity contribution in [2.45, 2.75) is 25.8 Å². The number of carbonyl (C=O) groups is 1. The Morgan fingerprint density at radius 3 is 2.26 bits per heavy atom. The molecule has 1 fully saturated rings. The van der Waals surface area contributed by atoms with Gasteiger partial charge in [0, 0.05) is 36.0 Å². The monoisotopic (exact) mass is 359 g/mol. The zero-order valence-electron chi connectivity index (χ0n) is 15.1. The fourth-order valence-corrected chi connectivity index (χ4v) is 2.73. The highest BCUT2D eigenvalue weighted by atomic mass is 16.1. The first-order valence-electron chi connectivity index (χ1n) is 9.01. The van der Waals surface area contributed by atoms with Crippen LogP contribution in [0.2, 0.25) is 0 Å². The van der Waals surface area contributed by atoms with Gasteiger partial charge in [0.15, 0.2) is 5.82 Å². The maximum atomic E-state index is 11.1. The molecule has 6 nitrogen and oxygen atoms in total. The Morgan fingerprint density at radius 2 is 1.59 bits per heavy atom. The number of nitrogens with zero attached hydrogens (tertiary/aromatic N) is 2. The van der Waals surface area contributed by atoms with Crippen molar-refractivity contribution in [3.05, 3.63) is 60.7 Å². The Kier molecular flexibility index (Phi) is 4.70. The van der Waals surface area contributed by atoms with Gasteiger partial charge < -0.3 is 16.0 Å². The van der Waals surface area contributed by atoms with Crippen LogP contribution < -0.4 is 16.0 Å². The van der Waals surface area contributed by atoms with Crippen molar-refractivity contribution in [3.8, 4) is 11.4 Å². The molecule has 27 heavy (non-hydrogen) atoms. The first-order valence-corrected chi connectivity index (χ1v) is 9.01. The van der Waals surface area contributed by atoms with E-state index in [9.17, 15) is 4.79 Å². The summed E-state index contributed by atoms with van der Waals surface area (Å²) in [4.78, 5) is 20.5. The van der Waals surface area contributed by atoms with Crippen molar-refractivity contribution >= 4 is 28.9 Å². The molecule has 3 aromatic rings. The van der Waals surface area contributed by atoms with Gasteiger partial charge in [-0.25, -0.2) is 9.97 Å². The van der Waals surface area contributed by atoms with Crippen molar-refractivity contribution in [1.29, 1.82) is 0 Å². The number of aromatic nitrogens is 2. The molecular weight excluding hydrogens is 338 g/mol. The lowest BCUT2D eigenvalue weighted by Gasteiger charge is -2.12. The number of carbonyl (C=O) groups excluding carboxylic acids is 1. The van der Waals surface area contributed by atoms with Crippen molar-refractivity contribution < 1.29 is 4.79 Å². The highest BCUT2D eigenvalue weighted by Gasteiger charge is 2.22. The van der Waals surface area contributed by atoms with E-state index in [0.29, 0.717) is 11.9 Å². The second kappa shape index (κ2) is 7.45. The van der Waals surface area contributed by atoms with Gasteiger partial charge in [-0.3, -0.25) is 4.79 Å². The number of amides is 1. The quantitative estimate of drug-likeness (QED) is 0.607. The van der Waals surface area contributed by atoms with Gasteiger partial charge >= 0.3 is 0 Å². The predicted octanol–water partition coefficient (Wildman–Crippen LogP) is 4.42. The van der Waals surface area contributed by atoms with Crippen LogP contribution in [0.5, 0.6) is 0 Å². The normalized spacial score (nSPS) is 13.1. The summed E-state index contributed by atoms with van der Waals surface area (Å²) in [5.41, 5.74) is 2.62. The average molecular weight is 359 g/mol. The topological polar surface area (TPSA) is 78.9 Å². The van der Waals surface area contributed by atoms with E-state index in [1.807, 2.05) is 60.7 Å². The third kappa shape index (κ3) is 4.61. The van der Waals surface area contributed by atoms with Crippen LogP contribution in [0.1, 0.15) is 19.8 Å². The fraction of sp³-hybridized carbons (Fsp3) is 0.190. The van der Waals surface area contributed by atoms with E-state index < -0.39 is 0 Å². The minimum Gasteiger partial charge on any atom is -0.367 e. The van der Waals surface area contributed by atoms with Crippen LogP contribution in [-0.2, 0) is 4.79 Å². The van der Waals surface area contributed by atoms with Gasteiger partial charge in [0.25, 0.3) is 0 Å². The van der Waals surface area contributed by atoms with Crippen LogP contribution in [0.15, 0.2) is 60.7 Å². The van der Waals surface area contributed by atoms with E-state index in [4.69, 9.17) is 0 Å². The Bertz CT molecular complexity index is 937. The summed E-state index contributed by atoms with van der Waals surface area (Å²) in [6.07, 6.45) is 2.36. The Labute approximate surface area is 158 Å². The minimum atomic E-state index is -0.0881. The van der Waals surface area contributed by atoms with Gasteiger partial charge in [0.2, 0.25) is 5.91 Å². The highest BCUT2D eigenvalue weighted by Crippen LogP contribution is 2.28. The zero-order chi connectivity index (χ0) is 18.6. The molecule has 3 N–H and O–H groups in total. The van der Waals surface area contributed by atoms with E-state index >= 15 is 0 Å². The summed E-state index contributed by atoms with van der Waals surface area (Å²) in [6, 6.07) is 19.9. The smallest absolute Gasteiger partial charge is 0.221 e. The van der Waals surface area contributed by atoms with Crippen molar-refractivity contribution in [3.63, 3.8) is 0 Å². The molecule has 0 aliphatic heterocycles. The molecule has 1 heterocycles. The number of nitrogens with one attached hydrogen (secondary N) is 3. The van der Waals surface area contributed by atoms with Gasteiger partial charge in [-0.1, -0.05) is 30.3 Å². The standard InChI is InChI=1S/C21H21N5O/c1-14(27)22-16-7-9-17(10-8-16)23-19-13-20(24-18-11-12-18)26-21(25-19)15-5-3-2-4-6-15/h2-10,13,18H,11-12H2,1H3,(H,22,27)(H2,23,24,25,26). The maximum Gasteiger partial charge on any atom is 0.221 e. The molecule has 136 valence electrons. The van der Waals surface area contributed by atoms with Crippen LogP contribution in [0.3, 0.4) is 0 Å². The van der Waals surface area contributed by atoms with Crippen LogP contribution in [0.25, 0.3) is 11.4 Å². The first kappa shape index (κ1) is 17.0. The van der Waals surface area contributed by atoms with Gasteiger partial charge in [-0.05, 0) is 37.1 Å². The second-order valence-electron chi connectivity index (χ2n) is 6.63. The molecule has 6 heteroatoms. The number of anilines is 4. The third-order valence-corrected chi connectivity index (χ3v) is 4.17. The summed E-state index contributed by atoms with van der Waals surface area (Å²) >= 11 is 0. The molecular formula is C21H21N5O. The summed E-state index contributed by atoms with van der Waals surface area (Å²) < 4.78 is 0. The van der Waals surface area contributed by atoms with Crippen LogP contribution in [-0.4, -0.2) is 21.9 Å². The molecule has 4 rings (SSSR count). The first-order chi connectivity index (χ1) is 13.2. The van der Waals surface area contributed by atoms with E-state index in [1.165, 1.54) is 19.8 Å². The fourth-order valence-electron chi connectivity index (χ4n) is 2.73. The largest absolute Gasteiger partial charge is 0.367 e. The van der Waals surface area contributed by atoms with Crippen molar-refractivity contribution in [1.82, 2.24) is 9.97 Å². The molecule has 1 saturated carbocycles. The average Bonchev–Trinajstić information content (AvgIpc) is 3.47. The molecule has 0 atom stereocenters. The van der Waals surface area contributed by atoms with Gasteiger partial charge in [0.1, 0.15) is 11.6 Å². The Hall–Kier alpha value is -3.41. The number of rotatable bonds is 6. The number of hydrogen-bond donors (Lipinski definition) is 3. The molecule has 0 saturated heterocycles. The van der Waals surface area contributed by atoms with E-state index in [0.717, 1.165) is 28.6 Å². The molecule has 0 spiro atoms. The lowest BCUT2D eigenvalue weighted by Crippen LogP contribution is -2.07. The molecule has 1 aromatic heterocycles. The van der Waals surface area contributed by atoms with Gasteiger partial charge in [-0.15, -0.1) is 0 Å². The van der Waals surface area contributed by atoms with Crippen molar-refractivity contribution in [2.75, 3.05) is 16.0 Å². The SMILES string of the molecule is CC(=O)Nc1ccc(Nc2cc(NC3CC3)nc(-c3ccccc3)n2)cc1. The Balaban J connectivity index is 1.59. The predicted molar refractivity (Wildman–Crippen MR) is 108 cm³/mol. The van der Waals surface area contributed by atoms with E-state index in [1.54, 1.807) is 0 Å². The van der Waals surface area contributed by atoms with Gasteiger partial charge in [0.05, 0.1) is 0 Å². The van der Waals surface area contributed by atoms with Gasteiger partial charge in [-0.2, -0.15) is 0 Å². The molecule has 0 radical (unpaired) electrons. The molecule has 0 bridgehead atoms. The zero-order valence-corrected chi connectivity index (χ0v) is 15.1. The van der Waals surface area contributed by atoms with Crippen LogP contribution in [0.4, 0.5) is 23.0 Å². The van der Waals surface area contributed by atoms with E-state index in [-0.39, 0.29) is 5.91 Å². The highest BCUT2D eigenvalue weighted by molar-refractivity contribution is 5.88. The summed E-state index contributed by atoms with van der Waals surface area (Å²) in [6.45, 7) is 1.49. The van der Waals surface area contributed by atoms with Crippen LogP contribution >= 0.6 is 0 Å². The molecule has 1 aliphatic rings.